The fraction of sp³-hybridized carbons (Fsp3) is 0.121. The first-order valence-corrected chi connectivity index (χ1v) is 13.0. The number of ether oxygens (including phenoxy) is 3. The van der Waals surface area contributed by atoms with Crippen LogP contribution in [-0.4, -0.2) is 30.8 Å². The molecule has 0 heterocycles. The maximum absolute atomic E-state index is 12.9. The summed E-state index contributed by atoms with van der Waals surface area (Å²) in [5.74, 6) is 0.637. The number of esters is 1. The molecular weight excluding hydrogens is 504 g/mol. The number of rotatable bonds is 9. The van der Waals surface area contributed by atoms with Crippen molar-refractivity contribution >= 4 is 39.6 Å². The first kappa shape index (κ1) is 26.4. The van der Waals surface area contributed by atoms with Crippen molar-refractivity contribution in [3.8, 4) is 17.2 Å². The Kier molecular flexibility index (Phi) is 8.02. The Hall–Kier alpha value is -5.17. The van der Waals surface area contributed by atoms with Gasteiger partial charge in [0.1, 0.15) is 17.2 Å². The fourth-order valence-corrected chi connectivity index (χ4v) is 4.26. The molecule has 0 aliphatic rings. The maximum Gasteiger partial charge on any atom is 0.343 e. The summed E-state index contributed by atoms with van der Waals surface area (Å²) in [6.45, 7) is 4.09. The molecule has 0 fully saturated rings. The number of carbonyl (C=O) groups is 2. The van der Waals surface area contributed by atoms with Gasteiger partial charge in [0.15, 0.2) is 6.10 Å². The normalized spacial score (nSPS) is 11.8. The molecule has 5 aromatic rings. The average Bonchev–Trinajstić information content (AvgIpc) is 2.98. The third-order valence-corrected chi connectivity index (χ3v) is 6.31. The molecule has 7 nitrogen and oxygen atoms in total. The maximum atomic E-state index is 12.9. The van der Waals surface area contributed by atoms with Gasteiger partial charge < -0.3 is 14.2 Å². The lowest BCUT2D eigenvalue weighted by Crippen LogP contribution is -2.33. The minimum atomic E-state index is -0.789. The number of nitrogens with one attached hydrogen (secondary N) is 1. The second-order valence-electron chi connectivity index (χ2n) is 9.05. The van der Waals surface area contributed by atoms with Crippen LogP contribution < -0.4 is 19.6 Å². The van der Waals surface area contributed by atoms with Gasteiger partial charge in [-0.2, -0.15) is 5.10 Å². The van der Waals surface area contributed by atoms with Gasteiger partial charge in [-0.05, 0) is 77.9 Å². The zero-order valence-corrected chi connectivity index (χ0v) is 22.2. The SMILES string of the molecule is CCOc1ccc(C(=O)Oc2ccc3ccccc3c2/C=N/NC(=O)C(C)Oc2ccc3ccccc3c2)cc1. The molecule has 1 amide bonds. The lowest BCUT2D eigenvalue weighted by atomic mass is 10.0. The number of amides is 1. The quantitative estimate of drug-likeness (QED) is 0.101. The van der Waals surface area contributed by atoms with Gasteiger partial charge in [-0.25, -0.2) is 10.2 Å². The van der Waals surface area contributed by atoms with E-state index in [2.05, 4.69) is 10.5 Å². The van der Waals surface area contributed by atoms with Crippen LogP contribution in [0.5, 0.6) is 17.2 Å². The molecule has 0 aromatic heterocycles. The summed E-state index contributed by atoms with van der Waals surface area (Å²) in [6.07, 6.45) is 0.687. The van der Waals surface area contributed by atoms with E-state index in [4.69, 9.17) is 14.2 Å². The molecule has 1 N–H and O–H groups in total. The summed E-state index contributed by atoms with van der Waals surface area (Å²) < 4.78 is 17.0. The van der Waals surface area contributed by atoms with Crippen molar-refractivity contribution in [1.82, 2.24) is 5.43 Å². The second-order valence-corrected chi connectivity index (χ2v) is 9.05. The Morgan fingerprint density at radius 1 is 0.825 bits per heavy atom. The Morgan fingerprint density at radius 3 is 2.27 bits per heavy atom. The molecule has 0 saturated heterocycles. The first-order valence-electron chi connectivity index (χ1n) is 13.0. The minimum Gasteiger partial charge on any atom is -0.494 e. The third-order valence-electron chi connectivity index (χ3n) is 6.31. The van der Waals surface area contributed by atoms with Gasteiger partial charge in [0, 0.05) is 5.56 Å². The molecule has 0 aliphatic carbocycles. The Bertz CT molecular complexity index is 1700. The summed E-state index contributed by atoms with van der Waals surface area (Å²) in [4.78, 5) is 25.6. The van der Waals surface area contributed by atoms with Crippen molar-refractivity contribution in [1.29, 1.82) is 0 Å². The molecule has 0 saturated carbocycles. The highest BCUT2D eigenvalue weighted by Gasteiger charge is 2.16. The van der Waals surface area contributed by atoms with Crippen LogP contribution in [0.2, 0.25) is 0 Å². The molecule has 0 aliphatic heterocycles. The van der Waals surface area contributed by atoms with Crippen molar-refractivity contribution in [3.05, 3.63) is 114 Å². The van der Waals surface area contributed by atoms with Gasteiger partial charge in [0.05, 0.1) is 18.4 Å². The van der Waals surface area contributed by atoms with Gasteiger partial charge in [0.25, 0.3) is 5.91 Å². The Labute approximate surface area is 232 Å². The van der Waals surface area contributed by atoms with Crippen LogP contribution in [-0.2, 0) is 4.79 Å². The molecule has 7 heteroatoms. The number of hydrogen-bond donors (Lipinski definition) is 1. The number of benzene rings is 5. The molecular formula is C33H28N2O5. The monoisotopic (exact) mass is 532 g/mol. The van der Waals surface area contributed by atoms with Crippen LogP contribution in [0.15, 0.2) is 108 Å². The third kappa shape index (κ3) is 6.10. The van der Waals surface area contributed by atoms with Crippen LogP contribution in [0.4, 0.5) is 0 Å². The van der Waals surface area contributed by atoms with Crippen molar-refractivity contribution in [2.75, 3.05) is 6.61 Å². The van der Waals surface area contributed by atoms with Gasteiger partial charge >= 0.3 is 5.97 Å². The highest BCUT2D eigenvalue weighted by Crippen LogP contribution is 2.28. The predicted molar refractivity (Wildman–Crippen MR) is 156 cm³/mol. The van der Waals surface area contributed by atoms with E-state index < -0.39 is 18.0 Å². The molecule has 5 aromatic carbocycles. The van der Waals surface area contributed by atoms with Crippen LogP contribution in [0.3, 0.4) is 0 Å². The summed E-state index contributed by atoms with van der Waals surface area (Å²) in [7, 11) is 0. The lowest BCUT2D eigenvalue weighted by Gasteiger charge is -2.14. The van der Waals surface area contributed by atoms with E-state index >= 15 is 0 Å². The highest BCUT2D eigenvalue weighted by molar-refractivity contribution is 6.04. The van der Waals surface area contributed by atoms with Gasteiger partial charge in [-0.3, -0.25) is 4.79 Å². The molecule has 1 atom stereocenters. The average molecular weight is 533 g/mol. The summed E-state index contributed by atoms with van der Waals surface area (Å²) >= 11 is 0. The number of nitrogens with zero attached hydrogens (tertiary/aromatic N) is 1. The molecule has 40 heavy (non-hydrogen) atoms. The Balaban J connectivity index is 1.31. The predicted octanol–water partition coefficient (Wildman–Crippen LogP) is 6.53. The van der Waals surface area contributed by atoms with Gasteiger partial charge in [0.2, 0.25) is 0 Å². The van der Waals surface area contributed by atoms with Crippen molar-refractivity contribution in [3.63, 3.8) is 0 Å². The van der Waals surface area contributed by atoms with Crippen LogP contribution in [0, 0.1) is 0 Å². The molecule has 0 radical (unpaired) electrons. The van der Waals surface area contributed by atoms with Crippen molar-refractivity contribution < 1.29 is 23.8 Å². The highest BCUT2D eigenvalue weighted by atomic mass is 16.5. The summed E-state index contributed by atoms with van der Waals surface area (Å²) in [5.41, 5.74) is 3.47. The van der Waals surface area contributed by atoms with Crippen molar-refractivity contribution in [2.45, 2.75) is 20.0 Å². The molecule has 0 bridgehead atoms. The molecule has 0 spiro atoms. The number of hydrazone groups is 1. The van der Waals surface area contributed by atoms with E-state index in [0.717, 1.165) is 21.5 Å². The van der Waals surface area contributed by atoms with E-state index in [1.165, 1.54) is 6.21 Å². The second kappa shape index (κ2) is 12.1. The summed E-state index contributed by atoms with van der Waals surface area (Å²) in [5, 5.41) is 8.03. The van der Waals surface area contributed by atoms with E-state index in [1.54, 1.807) is 37.3 Å². The van der Waals surface area contributed by atoms with Crippen LogP contribution in [0.1, 0.15) is 29.8 Å². The van der Waals surface area contributed by atoms with Crippen LogP contribution in [0.25, 0.3) is 21.5 Å². The molecule has 5 rings (SSSR count). The number of carbonyl (C=O) groups excluding carboxylic acids is 2. The van der Waals surface area contributed by atoms with Crippen molar-refractivity contribution in [2.24, 2.45) is 5.10 Å². The first-order chi connectivity index (χ1) is 19.5. The zero-order chi connectivity index (χ0) is 27.9. The largest absolute Gasteiger partial charge is 0.494 e. The zero-order valence-electron chi connectivity index (χ0n) is 22.2. The molecule has 200 valence electrons. The van der Waals surface area contributed by atoms with E-state index in [9.17, 15) is 9.59 Å². The number of hydrogen-bond acceptors (Lipinski definition) is 6. The number of fused-ring (bicyclic) bond motifs is 2. The smallest absolute Gasteiger partial charge is 0.343 e. The topological polar surface area (TPSA) is 86.2 Å². The van der Waals surface area contributed by atoms with E-state index in [0.29, 0.717) is 35.0 Å². The van der Waals surface area contributed by atoms with Crippen LogP contribution >= 0.6 is 0 Å². The summed E-state index contributed by atoms with van der Waals surface area (Å²) in [6, 6.07) is 31.6. The minimum absolute atomic E-state index is 0.316. The Morgan fingerprint density at radius 2 is 1.50 bits per heavy atom. The van der Waals surface area contributed by atoms with E-state index in [-0.39, 0.29) is 0 Å². The standard InChI is InChI=1S/C33H28N2O5/c1-3-38-27-16-13-25(14-17-27)33(37)40-31-19-15-24-9-6-7-11-29(24)30(31)21-34-35-32(36)22(2)39-28-18-12-23-8-4-5-10-26(23)20-28/h4-22H,3H2,1-2H3,(H,35,36)/b34-21+. The van der Waals surface area contributed by atoms with Gasteiger partial charge in [-0.15, -0.1) is 0 Å². The fourth-order valence-electron chi connectivity index (χ4n) is 4.26. The van der Waals surface area contributed by atoms with E-state index in [1.807, 2.05) is 79.7 Å². The lowest BCUT2D eigenvalue weighted by molar-refractivity contribution is -0.127. The van der Waals surface area contributed by atoms with Gasteiger partial charge in [-0.1, -0.05) is 60.7 Å². The molecule has 1 unspecified atom stereocenters.